The van der Waals surface area contributed by atoms with Crippen molar-refractivity contribution in [1.82, 2.24) is 15.2 Å². The number of rotatable bonds is 1. The fraction of sp³-hybridized carbons (Fsp3) is 0.100. The zero-order valence-electron chi connectivity index (χ0n) is 8.20. The van der Waals surface area contributed by atoms with Gasteiger partial charge in [0.15, 0.2) is 5.75 Å². The van der Waals surface area contributed by atoms with Crippen LogP contribution in [0.2, 0.25) is 0 Å². The van der Waals surface area contributed by atoms with Crippen LogP contribution in [0, 0.1) is 5.21 Å². The predicted molar refractivity (Wildman–Crippen MR) is 56.1 cm³/mol. The molecule has 3 rings (SSSR count). The third-order valence-corrected chi connectivity index (χ3v) is 2.35. The van der Waals surface area contributed by atoms with Crippen LogP contribution in [0.25, 0.3) is 0 Å². The molecule has 1 aliphatic rings. The lowest BCUT2D eigenvalue weighted by atomic mass is 10.1. The minimum absolute atomic E-state index is 0.401. The number of benzene rings is 1. The molecule has 16 heavy (non-hydrogen) atoms. The van der Waals surface area contributed by atoms with Crippen LogP contribution in [-0.4, -0.2) is 20.9 Å². The number of oxime groups is 1. The molecular weight excluding hydrogens is 208 g/mol. The van der Waals surface area contributed by atoms with Crippen LogP contribution in [-0.2, 0) is 6.42 Å². The fourth-order valence-corrected chi connectivity index (χ4v) is 1.57. The van der Waals surface area contributed by atoms with Crippen molar-refractivity contribution in [2.75, 3.05) is 0 Å². The molecule has 1 aliphatic heterocycles. The highest BCUT2D eigenvalue weighted by atomic mass is 16.6. The predicted octanol–water partition coefficient (Wildman–Crippen LogP) is 0.963. The average Bonchev–Trinajstić information content (AvgIpc) is 2.75. The second-order valence-corrected chi connectivity index (χ2v) is 3.42. The summed E-state index contributed by atoms with van der Waals surface area (Å²) < 4.78 is 0. The smallest absolute Gasteiger partial charge is 0.161 e. The van der Waals surface area contributed by atoms with Crippen LogP contribution in [0.15, 0.2) is 35.6 Å². The first kappa shape index (κ1) is 8.90. The molecule has 0 N–H and O–H groups in total. The number of fused-ring (bicyclic) bond motifs is 1. The summed E-state index contributed by atoms with van der Waals surface area (Å²) in [6.07, 6.45) is 1.87. The Labute approximate surface area is 90.7 Å². The molecule has 2 aromatic rings. The number of aromatic nitrogens is 3. The van der Waals surface area contributed by atoms with E-state index in [2.05, 4.69) is 15.5 Å². The van der Waals surface area contributed by atoms with E-state index in [1.165, 1.54) is 6.20 Å². The summed E-state index contributed by atoms with van der Waals surface area (Å²) in [5.41, 5.74) is 2.08. The molecule has 0 amide bonds. The van der Waals surface area contributed by atoms with Crippen molar-refractivity contribution < 1.29 is 4.84 Å². The molecule has 0 fully saturated rings. The van der Waals surface area contributed by atoms with Gasteiger partial charge in [0.2, 0.25) is 0 Å². The second-order valence-electron chi connectivity index (χ2n) is 3.42. The number of nitrogens with zero attached hydrogens (tertiary/aromatic N) is 4. The van der Waals surface area contributed by atoms with Gasteiger partial charge in [-0.25, -0.2) is 0 Å². The summed E-state index contributed by atoms with van der Waals surface area (Å²) in [6, 6.07) is 7.61. The molecule has 1 aromatic heterocycles. The average molecular weight is 215 g/mol. The van der Waals surface area contributed by atoms with Gasteiger partial charge < -0.3 is 10.0 Å². The number of hydrogen-bond donors (Lipinski definition) is 0. The molecule has 6 heteroatoms. The Hall–Kier alpha value is -2.37. The van der Waals surface area contributed by atoms with Crippen molar-refractivity contribution in [3.8, 4) is 5.75 Å². The van der Waals surface area contributed by atoms with Gasteiger partial charge in [-0.05, 0) is 6.07 Å². The van der Waals surface area contributed by atoms with Gasteiger partial charge in [0, 0.05) is 18.2 Å². The van der Waals surface area contributed by atoms with E-state index in [1.54, 1.807) is 0 Å². The van der Waals surface area contributed by atoms with Crippen molar-refractivity contribution in [1.29, 1.82) is 0 Å². The Kier molecular flexibility index (Phi) is 1.86. The molecule has 0 saturated heterocycles. The van der Waals surface area contributed by atoms with Crippen molar-refractivity contribution in [2.24, 2.45) is 5.16 Å². The van der Waals surface area contributed by atoms with Gasteiger partial charge in [0.1, 0.15) is 11.4 Å². The van der Waals surface area contributed by atoms with Gasteiger partial charge >= 0.3 is 0 Å². The molecule has 80 valence electrons. The lowest BCUT2D eigenvalue weighted by molar-refractivity contribution is 0.330. The van der Waals surface area contributed by atoms with Crippen LogP contribution in [0.1, 0.15) is 11.3 Å². The summed E-state index contributed by atoms with van der Waals surface area (Å²) in [4.78, 5) is 5.61. The molecule has 2 heterocycles. The largest absolute Gasteiger partial charge is 0.789 e. The molecular formula is C10H7N4O2-. The highest BCUT2D eigenvalue weighted by molar-refractivity contribution is 6.00. The Morgan fingerprint density at radius 1 is 1.31 bits per heavy atom. The number of para-hydroxylation sites is 1. The summed E-state index contributed by atoms with van der Waals surface area (Å²) in [5, 5.41) is 21.8. The first-order chi connectivity index (χ1) is 7.83. The van der Waals surface area contributed by atoms with E-state index in [9.17, 15) is 5.21 Å². The normalized spacial score (nSPS) is 13.9. The highest BCUT2D eigenvalue weighted by Crippen LogP contribution is 2.23. The summed E-state index contributed by atoms with van der Waals surface area (Å²) >= 11 is 0. The molecule has 0 atom stereocenters. The maximum atomic E-state index is 10.8. The minimum Gasteiger partial charge on any atom is -0.789 e. The van der Waals surface area contributed by atoms with Crippen LogP contribution in [0.3, 0.4) is 0 Å². The van der Waals surface area contributed by atoms with Gasteiger partial charge in [-0.2, -0.15) is 0 Å². The highest BCUT2D eigenvalue weighted by Gasteiger charge is 2.17. The molecule has 0 unspecified atom stereocenters. The van der Waals surface area contributed by atoms with E-state index in [0.29, 0.717) is 22.7 Å². The maximum Gasteiger partial charge on any atom is 0.161 e. The third-order valence-electron chi connectivity index (χ3n) is 2.35. The Balaban J connectivity index is 1.95. The van der Waals surface area contributed by atoms with E-state index < -0.39 is 0 Å². The van der Waals surface area contributed by atoms with Crippen molar-refractivity contribution in [2.45, 2.75) is 6.42 Å². The summed E-state index contributed by atoms with van der Waals surface area (Å²) in [6.45, 7) is 0. The minimum atomic E-state index is 0.401. The topological polar surface area (TPSA) is 75.4 Å². The molecule has 0 spiro atoms. The maximum absolute atomic E-state index is 10.8. The van der Waals surface area contributed by atoms with Crippen LogP contribution in [0.5, 0.6) is 5.75 Å². The molecule has 0 aliphatic carbocycles. The second kappa shape index (κ2) is 3.34. The molecule has 0 radical (unpaired) electrons. The van der Waals surface area contributed by atoms with Crippen LogP contribution < -0.4 is 4.84 Å². The van der Waals surface area contributed by atoms with Crippen molar-refractivity contribution >= 4 is 5.71 Å². The van der Waals surface area contributed by atoms with E-state index >= 15 is 0 Å². The Bertz CT molecular complexity index is 561. The van der Waals surface area contributed by atoms with Crippen LogP contribution in [0.4, 0.5) is 0 Å². The van der Waals surface area contributed by atoms with Crippen LogP contribution >= 0.6 is 0 Å². The standard InChI is InChI=1S/C10H7N4O2/c15-14-6-9(11-13-14)8-5-7-3-1-2-4-10(7)16-12-8/h1-4,6H,5H2/q-1. The molecule has 1 aromatic carbocycles. The molecule has 0 saturated carbocycles. The van der Waals surface area contributed by atoms with Gasteiger partial charge in [-0.1, -0.05) is 28.6 Å². The van der Waals surface area contributed by atoms with E-state index in [4.69, 9.17) is 4.84 Å². The molecule has 6 nitrogen and oxygen atoms in total. The first-order valence-corrected chi connectivity index (χ1v) is 4.75. The van der Waals surface area contributed by atoms with Gasteiger partial charge in [0.05, 0.1) is 0 Å². The van der Waals surface area contributed by atoms with Crippen molar-refractivity contribution in [3.63, 3.8) is 0 Å². The van der Waals surface area contributed by atoms with E-state index in [1.807, 2.05) is 24.3 Å². The SMILES string of the molecule is [O-]n1cc(C2=NOc3ccccc3C2)nn1. The quantitative estimate of drug-likeness (QED) is 0.710. The third kappa shape index (κ3) is 1.40. The van der Waals surface area contributed by atoms with E-state index in [-0.39, 0.29) is 0 Å². The van der Waals surface area contributed by atoms with E-state index in [0.717, 1.165) is 11.3 Å². The summed E-state index contributed by atoms with van der Waals surface area (Å²) in [7, 11) is 0. The van der Waals surface area contributed by atoms with Crippen molar-refractivity contribution in [3.05, 3.63) is 46.9 Å². The first-order valence-electron chi connectivity index (χ1n) is 4.75. The monoisotopic (exact) mass is 215 g/mol. The number of hydrogen-bond acceptors (Lipinski definition) is 5. The van der Waals surface area contributed by atoms with Gasteiger partial charge in [0.25, 0.3) is 0 Å². The zero-order valence-corrected chi connectivity index (χ0v) is 8.20. The van der Waals surface area contributed by atoms with Gasteiger partial charge in [-0.3, -0.25) is 4.85 Å². The Morgan fingerprint density at radius 2 is 2.19 bits per heavy atom. The summed E-state index contributed by atoms with van der Waals surface area (Å²) in [5.74, 6) is 0.737. The van der Waals surface area contributed by atoms with Gasteiger partial charge in [-0.15, -0.1) is 5.10 Å². The Morgan fingerprint density at radius 3 is 3.00 bits per heavy atom. The lowest BCUT2D eigenvalue weighted by Crippen LogP contribution is -2.13. The lowest BCUT2D eigenvalue weighted by Gasteiger charge is -2.13. The molecule has 0 bridgehead atoms. The fourth-order valence-electron chi connectivity index (χ4n) is 1.57. The zero-order chi connectivity index (χ0) is 11.0.